The zero-order valence-electron chi connectivity index (χ0n) is 10.5. The van der Waals surface area contributed by atoms with E-state index in [1.165, 1.54) is 19.2 Å². The van der Waals surface area contributed by atoms with E-state index in [0.29, 0.717) is 0 Å². The van der Waals surface area contributed by atoms with E-state index in [-0.39, 0.29) is 31.1 Å². The van der Waals surface area contributed by atoms with E-state index in [4.69, 9.17) is 10.8 Å². The maximum Gasteiger partial charge on any atom is 0.328 e. The number of nitrogens with one attached hydrogen (secondary N) is 1. The van der Waals surface area contributed by atoms with Crippen LogP contribution in [0.5, 0.6) is 5.75 Å². The molecule has 0 saturated carbocycles. The van der Waals surface area contributed by atoms with Crippen molar-refractivity contribution in [2.45, 2.75) is 12.5 Å². The minimum atomic E-state index is -0.782. The van der Waals surface area contributed by atoms with Crippen molar-refractivity contribution in [1.29, 1.82) is 0 Å². The fourth-order valence-corrected chi connectivity index (χ4v) is 1.46. The van der Waals surface area contributed by atoms with E-state index in [9.17, 15) is 9.59 Å². The number of nitrogens with two attached hydrogens (primary N) is 1. The molecule has 1 atom stereocenters. The molecule has 0 bridgehead atoms. The number of aromatic hydroxyl groups is 1. The van der Waals surface area contributed by atoms with Crippen molar-refractivity contribution >= 4 is 24.3 Å². The maximum absolute atomic E-state index is 11.5. The molecule has 1 rings (SSSR count). The summed E-state index contributed by atoms with van der Waals surface area (Å²) in [6, 6.07) is 5.57. The Morgan fingerprint density at radius 1 is 1.37 bits per heavy atom. The molecule has 0 unspecified atom stereocenters. The number of carbonyl (C=O) groups excluding carboxylic acids is 2. The van der Waals surface area contributed by atoms with Gasteiger partial charge in [-0.25, -0.2) is 4.79 Å². The molecule has 0 fully saturated rings. The zero-order valence-corrected chi connectivity index (χ0v) is 11.3. The first-order valence-electron chi connectivity index (χ1n) is 5.42. The van der Waals surface area contributed by atoms with Gasteiger partial charge >= 0.3 is 5.97 Å². The van der Waals surface area contributed by atoms with Crippen LogP contribution in [0.2, 0.25) is 0 Å². The lowest BCUT2D eigenvalue weighted by molar-refractivity contribution is -0.144. The normalized spacial score (nSPS) is 11.1. The lowest BCUT2D eigenvalue weighted by Crippen LogP contribution is -2.45. The highest BCUT2D eigenvalue weighted by molar-refractivity contribution is 5.85. The van der Waals surface area contributed by atoms with Gasteiger partial charge in [-0.05, 0) is 17.7 Å². The van der Waals surface area contributed by atoms with Crippen LogP contribution < -0.4 is 11.1 Å². The summed E-state index contributed by atoms with van der Waals surface area (Å²) < 4.78 is 4.61. The Hall–Kier alpha value is -1.79. The Balaban J connectivity index is 0.00000324. The smallest absolute Gasteiger partial charge is 0.328 e. The minimum Gasteiger partial charge on any atom is -0.508 e. The third-order valence-electron chi connectivity index (χ3n) is 2.38. The van der Waals surface area contributed by atoms with Crippen LogP contribution in [0.3, 0.4) is 0 Å². The van der Waals surface area contributed by atoms with E-state index in [1.807, 2.05) is 0 Å². The summed E-state index contributed by atoms with van der Waals surface area (Å²) in [7, 11) is 1.25. The number of methoxy groups -OCH3 is 1. The molecule has 0 aliphatic carbocycles. The quantitative estimate of drug-likeness (QED) is 0.661. The van der Waals surface area contributed by atoms with Crippen LogP contribution in [0.25, 0.3) is 0 Å². The van der Waals surface area contributed by atoms with Crippen molar-refractivity contribution in [2.24, 2.45) is 5.73 Å². The molecule has 6 nitrogen and oxygen atoms in total. The van der Waals surface area contributed by atoms with Crippen molar-refractivity contribution < 1.29 is 19.4 Å². The second kappa shape index (κ2) is 8.34. The van der Waals surface area contributed by atoms with Gasteiger partial charge in [0.1, 0.15) is 11.8 Å². The molecule has 0 saturated heterocycles. The molecular formula is C12H17ClN2O4. The van der Waals surface area contributed by atoms with Crippen LogP contribution in [-0.4, -0.2) is 36.7 Å². The molecule has 0 aliphatic heterocycles. The molecule has 1 amide bonds. The summed E-state index contributed by atoms with van der Waals surface area (Å²) in [5.74, 6) is -0.826. The molecule has 0 radical (unpaired) electrons. The first-order chi connectivity index (χ1) is 8.56. The van der Waals surface area contributed by atoms with Gasteiger partial charge in [-0.2, -0.15) is 0 Å². The molecule has 106 valence electrons. The monoisotopic (exact) mass is 288 g/mol. The number of esters is 1. The summed E-state index contributed by atoms with van der Waals surface area (Å²) in [5.41, 5.74) is 5.97. The van der Waals surface area contributed by atoms with Crippen molar-refractivity contribution in [3.05, 3.63) is 29.8 Å². The van der Waals surface area contributed by atoms with E-state index in [1.54, 1.807) is 12.1 Å². The summed E-state index contributed by atoms with van der Waals surface area (Å²) in [5, 5.41) is 11.6. The second-order valence-corrected chi connectivity index (χ2v) is 3.72. The highest BCUT2D eigenvalue weighted by Crippen LogP contribution is 2.11. The Kier molecular flexibility index (Phi) is 7.55. The predicted molar refractivity (Wildman–Crippen MR) is 72.1 cm³/mol. The summed E-state index contributed by atoms with van der Waals surface area (Å²) in [4.78, 5) is 22.7. The number of amides is 1. The molecule has 0 spiro atoms. The van der Waals surface area contributed by atoms with Gasteiger partial charge in [-0.15, -0.1) is 12.4 Å². The van der Waals surface area contributed by atoms with Crippen LogP contribution >= 0.6 is 12.4 Å². The predicted octanol–water partition coefficient (Wildman–Crippen LogP) is -0.0270. The first kappa shape index (κ1) is 17.2. The number of hydrogen-bond acceptors (Lipinski definition) is 5. The van der Waals surface area contributed by atoms with Crippen LogP contribution in [0, 0.1) is 0 Å². The fourth-order valence-electron chi connectivity index (χ4n) is 1.46. The minimum absolute atomic E-state index is 0. The summed E-state index contributed by atoms with van der Waals surface area (Å²) in [6.07, 6.45) is 0.276. The lowest BCUT2D eigenvalue weighted by Gasteiger charge is -2.16. The summed E-state index contributed by atoms with van der Waals surface area (Å²) in [6.45, 7) is -0.191. The largest absolute Gasteiger partial charge is 0.508 e. The Morgan fingerprint density at radius 2 is 1.95 bits per heavy atom. The third kappa shape index (κ3) is 5.58. The number of phenols is 1. The Labute approximate surface area is 117 Å². The lowest BCUT2D eigenvalue weighted by atomic mass is 10.1. The topological polar surface area (TPSA) is 102 Å². The number of carbonyl (C=O) groups is 2. The van der Waals surface area contributed by atoms with Crippen LogP contribution in [0.4, 0.5) is 0 Å². The van der Waals surface area contributed by atoms with Gasteiger partial charge in [-0.3, -0.25) is 4.79 Å². The van der Waals surface area contributed by atoms with Gasteiger partial charge in [0.05, 0.1) is 13.7 Å². The fraction of sp³-hybridized carbons (Fsp3) is 0.333. The van der Waals surface area contributed by atoms with Crippen molar-refractivity contribution in [1.82, 2.24) is 5.32 Å². The zero-order chi connectivity index (χ0) is 13.5. The third-order valence-corrected chi connectivity index (χ3v) is 2.38. The van der Waals surface area contributed by atoms with E-state index in [0.717, 1.165) is 5.56 Å². The highest BCUT2D eigenvalue weighted by atomic mass is 35.5. The molecule has 0 aromatic heterocycles. The van der Waals surface area contributed by atoms with E-state index >= 15 is 0 Å². The standard InChI is InChI=1S/C12H16N2O4.ClH/c1-18-12(17)10(14-11(16)7-13)6-8-2-4-9(15)5-3-8;/h2-5,10,15H,6-7,13H2,1H3,(H,14,16);1H/t10-;/m1./s1. The number of phenolic OH excluding ortho intramolecular Hbond substituents is 1. The SMILES string of the molecule is COC(=O)[C@@H](Cc1ccc(O)cc1)NC(=O)CN.Cl. The average Bonchev–Trinajstić information content (AvgIpc) is 2.39. The van der Waals surface area contributed by atoms with Gasteiger partial charge in [0.25, 0.3) is 0 Å². The maximum atomic E-state index is 11.5. The Bertz CT molecular complexity index is 422. The average molecular weight is 289 g/mol. The molecule has 1 aromatic carbocycles. The number of rotatable bonds is 5. The number of ether oxygens (including phenoxy) is 1. The van der Waals surface area contributed by atoms with Crippen LogP contribution in [0.15, 0.2) is 24.3 Å². The molecule has 0 heterocycles. The van der Waals surface area contributed by atoms with Crippen molar-refractivity contribution in [3.63, 3.8) is 0 Å². The number of halogens is 1. The first-order valence-corrected chi connectivity index (χ1v) is 5.42. The Morgan fingerprint density at radius 3 is 2.42 bits per heavy atom. The van der Waals surface area contributed by atoms with E-state index in [2.05, 4.69) is 10.1 Å². The van der Waals surface area contributed by atoms with Crippen LogP contribution in [0.1, 0.15) is 5.56 Å². The van der Waals surface area contributed by atoms with Crippen LogP contribution in [-0.2, 0) is 20.7 Å². The molecular weight excluding hydrogens is 272 g/mol. The van der Waals surface area contributed by atoms with Gasteiger partial charge in [0.15, 0.2) is 0 Å². The van der Waals surface area contributed by atoms with Crippen molar-refractivity contribution in [3.8, 4) is 5.75 Å². The van der Waals surface area contributed by atoms with Gasteiger partial charge in [0, 0.05) is 6.42 Å². The van der Waals surface area contributed by atoms with Gasteiger partial charge < -0.3 is 20.9 Å². The second-order valence-electron chi connectivity index (χ2n) is 3.72. The molecule has 0 aliphatic rings. The molecule has 7 heteroatoms. The molecule has 1 aromatic rings. The number of benzene rings is 1. The van der Waals surface area contributed by atoms with Crippen molar-refractivity contribution in [2.75, 3.05) is 13.7 Å². The molecule has 4 N–H and O–H groups in total. The highest BCUT2D eigenvalue weighted by Gasteiger charge is 2.21. The van der Waals surface area contributed by atoms with Gasteiger partial charge in [0.2, 0.25) is 5.91 Å². The van der Waals surface area contributed by atoms with E-state index < -0.39 is 17.9 Å². The van der Waals surface area contributed by atoms with Gasteiger partial charge in [-0.1, -0.05) is 12.1 Å². The summed E-state index contributed by atoms with van der Waals surface area (Å²) >= 11 is 0. The number of hydrogen-bond donors (Lipinski definition) is 3. The molecule has 19 heavy (non-hydrogen) atoms.